The van der Waals surface area contributed by atoms with Gasteiger partial charge in [-0.15, -0.1) is 0 Å². The Bertz CT molecular complexity index is 235. The van der Waals surface area contributed by atoms with Crippen molar-refractivity contribution in [3.05, 3.63) is 0 Å². The van der Waals surface area contributed by atoms with Crippen LogP contribution in [0.1, 0.15) is 38.5 Å². The first-order valence-electron chi connectivity index (χ1n) is 6.28. The van der Waals surface area contributed by atoms with E-state index in [1.807, 2.05) is 0 Å². The molecule has 3 nitrogen and oxygen atoms in total. The summed E-state index contributed by atoms with van der Waals surface area (Å²) in [6.07, 6.45) is 6.55. The average molecular weight is 212 g/mol. The molecule has 15 heavy (non-hydrogen) atoms. The van der Waals surface area contributed by atoms with Gasteiger partial charge in [-0.3, -0.25) is 0 Å². The van der Waals surface area contributed by atoms with Gasteiger partial charge < -0.3 is 14.6 Å². The lowest BCUT2D eigenvalue weighted by atomic mass is 9.85. The normalized spacial score (nSPS) is 44.2. The van der Waals surface area contributed by atoms with Gasteiger partial charge in [-0.2, -0.15) is 0 Å². The maximum atomic E-state index is 10.1. The van der Waals surface area contributed by atoms with E-state index >= 15 is 0 Å². The third kappa shape index (κ3) is 1.52. The molecule has 1 saturated heterocycles. The Labute approximate surface area is 90.8 Å². The summed E-state index contributed by atoms with van der Waals surface area (Å²) < 4.78 is 11.7. The van der Waals surface area contributed by atoms with E-state index in [4.69, 9.17) is 9.47 Å². The standard InChI is InChI=1S/C12H20O3/c13-10-5-4-9-3-1-2-6-12(11(9)10)14-7-8-15-12/h9-11,13H,1-8H2/t9-,10-,11+/m0/s1. The van der Waals surface area contributed by atoms with Crippen LogP contribution >= 0.6 is 0 Å². The van der Waals surface area contributed by atoms with Gasteiger partial charge >= 0.3 is 0 Å². The molecule has 3 rings (SSSR count). The molecular formula is C12H20O3. The second-order valence-corrected chi connectivity index (χ2v) is 5.19. The van der Waals surface area contributed by atoms with Gasteiger partial charge in [-0.25, -0.2) is 0 Å². The molecule has 0 radical (unpaired) electrons. The van der Waals surface area contributed by atoms with Crippen molar-refractivity contribution in [2.24, 2.45) is 11.8 Å². The molecule has 0 aromatic rings. The first kappa shape index (κ1) is 10.1. The van der Waals surface area contributed by atoms with Gasteiger partial charge in [0.25, 0.3) is 0 Å². The number of aliphatic hydroxyl groups is 1. The van der Waals surface area contributed by atoms with Gasteiger partial charge in [0.15, 0.2) is 5.79 Å². The van der Waals surface area contributed by atoms with Crippen LogP contribution < -0.4 is 0 Å². The van der Waals surface area contributed by atoms with E-state index in [1.54, 1.807) is 0 Å². The molecule has 2 aliphatic carbocycles. The Hall–Kier alpha value is -0.120. The Morgan fingerprint density at radius 3 is 2.60 bits per heavy atom. The third-order valence-electron chi connectivity index (χ3n) is 4.39. The molecule has 3 aliphatic rings. The van der Waals surface area contributed by atoms with Crippen molar-refractivity contribution in [2.75, 3.05) is 13.2 Å². The highest BCUT2D eigenvalue weighted by Gasteiger charge is 2.53. The zero-order chi connectivity index (χ0) is 10.3. The van der Waals surface area contributed by atoms with E-state index in [0.29, 0.717) is 19.1 Å². The fraction of sp³-hybridized carbons (Fsp3) is 1.00. The summed E-state index contributed by atoms with van der Waals surface area (Å²) in [6.45, 7) is 1.41. The van der Waals surface area contributed by atoms with E-state index < -0.39 is 5.79 Å². The lowest BCUT2D eigenvalue weighted by Crippen LogP contribution is -2.45. The molecule has 0 aromatic carbocycles. The van der Waals surface area contributed by atoms with Crippen molar-refractivity contribution < 1.29 is 14.6 Å². The van der Waals surface area contributed by atoms with E-state index in [0.717, 1.165) is 19.3 Å². The number of aliphatic hydroxyl groups excluding tert-OH is 1. The predicted molar refractivity (Wildman–Crippen MR) is 55.3 cm³/mol. The van der Waals surface area contributed by atoms with Gasteiger partial charge in [-0.1, -0.05) is 6.42 Å². The average Bonchev–Trinajstić information content (AvgIpc) is 2.76. The Morgan fingerprint density at radius 1 is 1.00 bits per heavy atom. The largest absolute Gasteiger partial charge is 0.393 e. The van der Waals surface area contributed by atoms with Crippen LogP contribution in [0.25, 0.3) is 0 Å². The molecular weight excluding hydrogens is 192 g/mol. The molecule has 0 aromatic heterocycles. The first-order valence-corrected chi connectivity index (χ1v) is 6.28. The summed E-state index contributed by atoms with van der Waals surface area (Å²) in [5.74, 6) is 0.444. The monoisotopic (exact) mass is 212 g/mol. The minimum absolute atomic E-state index is 0.203. The van der Waals surface area contributed by atoms with Crippen molar-refractivity contribution in [3.8, 4) is 0 Å². The Morgan fingerprint density at radius 2 is 1.80 bits per heavy atom. The van der Waals surface area contributed by atoms with Crippen LogP contribution in [0, 0.1) is 11.8 Å². The predicted octanol–water partition coefficient (Wildman–Crippen LogP) is 1.69. The highest BCUT2D eigenvalue weighted by atomic mass is 16.7. The summed E-state index contributed by atoms with van der Waals surface area (Å²) in [5, 5.41) is 10.1. The maximum Gasteiger partial charge on any atom is 0.174 e. The van der Waals surface area contributed by atoms with E-state index in [2.05, 4.69) is 0 Å². The van der Waals surface area contributed by atoms with Gasteiger partial charge in [0.2, 0.25) is 0 Å². The van der Waals surface area contributed by atoms with Crippen LogP contribution in [0.2, 0.25) is 0 Å². The summed E-state index contributed by atoms with van der Waals surface area (Å²) in [6, 6.07) is 0. The maximum absolute atomic E-state index is 10.1. The zero-order valence-electron chi connectivity index (χ0n) is 9.15. The second kappa shape index (κ2) is 3.72. The summed E-state index contributed by atoms with van der Waals surface area (Å²) in [7, 11) is 0. The van der Waals surface area contributed by atoms with Gasteiger partial charge in [-0.05, 0) is 31.6 Å². The van der Waals surface area contributed by atoms with E-state index in [1.165, 1.54) is 19.3 Å². The van der Waals surface area contributed by atoms with Crippen LogP contribution in [-0.2, 0) is 9.47 Å². The fourth-order valence-electron chi connectivity index (χ4n) is 3.79. The topological polar surface area (TPSA) is 38.7 Å². The van der Waals surface area contributed by atoms with Crippen LogP contribution in [-0.4, -0.2) is 30.2 Å². The summed E-state index contributed by atoms with van der Waals surface area (Å²) in [4.78, 5) is 0. The molecule has 2 saturated carbocycles. The minimum atomic E-state index is -0.420. The van der Waals surface area contributed by atoms with E-state index in [9.17, 15) is 5.11 Å². The van der Waals surface area contributed by atoms with Gasteiger partial charge in [0, 0.05) is 12.3 Å². The van der Waals surface area contributed by atoms with Crippen LogP contribution in [0.15, 0.2) is 0 Å². The first-order chi connectivity index (χ1) is 7.32. The third-order valence-corrected chi connectivity index (χ3v) is 4.39. The smallest absolute Gasteiger partial charge is 0.174 e. The van der Waals surface area contributed by atoms with Crippen LogP contribution in [0.3, 0.4) is 0 Å². The summed E-state index contributed by atoms with van der Waals surface area (Å²) in [5.41, 5.74) is 0. The number of hydrogen-bond donors (Lipinski definition) is 1. The molecule has 3 heteroatoms. The number of hydrogen-bond acceptors (Lipinski definition) is 3. The van der Waals surface area contributed by atoms with Crippen LogP contribution in [0.5, 0.6) is 0 Å². The van der Waals surface area contributed by atoms with Gasteiger partial charge in [0.05, 0.1) is 19.3 Å². The molecule has 3 atom stereocenters. The van der Waals surface area contributed by atoms with Crippen LogP contribution in [0.4, 0.5) is 0 Å². The fourth-order valence-corrected chi connectivity index (χ4v) is 3.79. The van der Waals surface area contributed by atoms with Gasteiger partial charge in [0.1, 0.15) is 0 Å². The molecule has 0 unspecified atom stereocenters. The molecule has 0 amide bonds. The highest BCUT2D eigenvalue weighted by molar-refractivity contribution is 4.97. The van der Waals surface area contributed by atoms with E-state index in [-0.39, 0.29) is 12.0 Å². The lowest BCUT2D eigenvalue weighted by Gasteiger charge is -2.36. The molecule has 0 bridgehead atoms. The molecule has 3 fully saturated rings. The van der Waals surface area contributed by atoms with Crippen molar-refractivity contribution >= 4 is 0 Å². The Balaban J connectivity index is 1.90. The SMILES string of the molecule is O[C@H]1CC[C@@H]2CCCCC3(OCCO3)[C@H]21. The minimum Gasteiger partial charge on any atom is -0.393 e. The number of fused-ring (bicyclic) bond motifs is 2. The Kier molecular flexibility index (Phi) is 2.49. The van der Waals surface area contributed by atoms with Crippen molar-refractivity contribution in [1.82, 2.24) is 0 Å². The van der Waals surface area contributed by atoms with Crippen molar-refractivity contribution in [3.63, 3.8) is 0 Å². The number of rotatable bonds is 0. The molecule has 1 aliphatic heterocycles. The molecule has 86 valence electrons. The zero-order valence-corrected chi connectivity index (χ0v) is 9.15. The quantitative estimate of drug-likeness (QED) is 0.664. The van der Waals surface area contributed by atoms with Crippen molar-refractivity contribution in [1.29, 1.82) is 0 Å². The lowest BCUT2D eigenvalue weighted by molar-refractivity contribution is -0.220. The van der Waals surface area contributed by atoms with Crippen molar-refractivity contribution in [2.45, 2.75) is 50.4 Å². The molecule has 1 spiro atoms. The molecule has 1 N–H and O–H groups in total. The number of ether oxygens (including phenoxy) is 2. The highest BCUT2D eigenvalue weighted by Crippen LogP contribution is 2.49. The summed E-state index contributed by atoms with van der Waals surface area (Å²) >= 11 is 0. The molecule has 1 heterocycles. The second-order valence-electron chi connectivity index (χ2n) is 5.19.